The number of hydrogen-bond acceptors (Lipinski definition) is 8. The highest BCUT2D eigenvalue weighted by Crippen LogP contribution is 2.27. The van der Waals surface area contributed by atoms with Crippen LogP contribution >= 0.6 is 0 Å². The number of carbonyl (C=O) groups excluding carboxylic acids is 5. The van der Waals surface area contributed by atoms with Crippen LogP contribution in [-0.4, -0.2) is 114 Å². The monoisotopic (exact) mass is 651 g/mol. The molecule has 0 bridgehead atoms. The molecular weight excluding hydrogens is 590 g/mol. The van der Waals surface area contributed by atoms with Gasteiger partial charge in [-0.05, 0) is 50.5 Å². The Morgan fingerprint density at radius 1 is 0.848 bits per heavy atom. The van der Waals surface area contributed by atoms with Gasteiger partial charge in [-0.1, -0.05) is 66.2 Å². The van der Waals surface area contributed by atoms with E-state index in [1.54, 1.807) is 11.9 Å². The van der Waals surface area contributed by atoms with Gasteiger partial charge in [-0.25, -0.2) is 0 Å². The molecule has 13 heteroatoms. The predicted octanol–water partition coefficient (Wildman–Crippen LogP) is 0.636. The van der Waals surface area contributed by atoms with Crippen molar-refractivity contribution in [1.29, 1.82) is 0 Å². The third kappa shape index (κ3) is 11.8. The van der Waals surface area contributed by atoms with E-state index in [4.69, 9.17) is 5.73 Å². The van der Waals surface area contributed by atoms with Crippen molar-refractivity contribution in [2.45, 2.75) is 129 Å². The second kappa shape index (κ2) is 20.5. The third-order valence-electron chi connectivity index (χ3n) is 9.25. The molecule has 1 unspecified atom stereocenters. The molecular formula is C33H61N7O6. The zero-order chi connectivity index (χ0) is 34.2. The van der Waals surface area contributed by atoms with Gasteiger partial charge in [0.2, 0.25) is 29.5 Å². The summed E-state index contributed by atoms with van der Waals surface area (Å²) in [6.07, 6.45) is 8.81. The Kier molecular flexibility index (Phi) is 17.5. The number of likely N-dealkylation sites (N-methyl/N-ethyl adjacent to an activating group) is 1. The SMILES string of the molecule is CCCC[C@H]1C(=O)N(C)[C@@H](CC(C)C)C(=O)NC(C2CCCCC2)C(=O)N[C@@H](CN)C(=O)N[C@@H](CO)C(=O)NCCN1CCCC. The van der Waals surface area contributed by atoms with Crippen LogP contribution in [0.15, 0.2) is 0 Å². The number of aliphatic hydroxyl groups is 1. The minimum atomic E-state index is -1.25. The summed E-state index contributed by atoms with van der Waals surface area (Å²) in [6.45, 7) is 8.42. The molecule has 5 amide bonds. The Balaban J connectivity index is 2.58. The summed E-state index contributed by atoms with van der Waals surface area (Å²) >= 11 is 0. The maximum absolute atomic E-state index is 14.3. The predicted molar refractivity (Wildman–Crippen MR) is 177 cm³/mol. The minimum absolute atomic E-state index is 0.0936. The van der Waals surface area contributed by atoms with Gasteiger partial charge < -0.3 is 37.0 Å². The molecule has 0 aromatic carbocycles. The number of nitrogens with zero attached hydrogens (tertiary/aromatic N) is 2. The highest BCUT2D eigenvalue weighted by Gasteiger charge is 2.39. The average Bonchev–Trinajstić information content (AvgIpc) is 3.04. The lowest BCUT2D eigenvalue weighted by atomic mass is 9.83. The van der Waals surface area contributed by atoms with E-state index in [9.17, 15) is 29.1 Å². The Bertz CT molecular complexity index is 990. The molecule has 0 radical (unpaired) electrons. The maximum atomic E-state index is 14.3. The average molecular weight is 652 g/mol. The summed E-state index contributed by atoms with van der Waals surface area (Å²) in [5, 5.41) is 20.9. The molecule has 1 saturated carbocycles. The molecule has 1 aliphatic carbocycles. The van der Waals surface area contributed by atoms with Crippen molar-refractivity contribution in [3.63, 3.8) is 0 Å². The van der Waals surface area contributed by atoms with Crippen LogP contribution in [0.25, 0.3) is 0 Å². The van der Waals surface area contributed by atoms with E-state index in [1.165, 1.54) is 0 Å². The van der Waals surface area contributed by atoms with Gasteiger partial charge in [0.05, 0.1) is 12.6 Å². The van der Waals surface area contributed by atoms with Crippen LogP contribution in [0.4, 0.5) is 0 Å². The van der Waals surface area contributed by atoms with Crippen molar-refractivity contribution >= 4 is 29.5 Å². The van der Waals surface area contributed by atoms with Gasteiger partial charge in [0.15, 0.2) is 0 Å². The Hall–Kier alpha value is -2.77. The van der Waals surface area contributed by atoms with Crippen molar-refractivity contribution in [2.24, 2.45) is 17.6 Å². The number of nitrogens with one attached hydrogen (secondary N) is 4. The standard InChI is InChI=1S/C33H61N7O6/c1-6-8-15-26-33(46)39(5)27(19-22(3)4)31(44)38-28(23-13-11-10-12-14-23)32(45)36-24(20-34)30(43)37-25(21-41)29(42)35-16-18-40(26)17-9-7-2/h22-28,41H,6-21,34H2,1-5H3,(H,35,42)(H,36,45)(H,37,43)(H,38,44)/t24-,25-,26-,27-,28?/m0/s1. The van der Waals surface area contributed by atoms with E-state index in [2.05, 4.69) is 40.0 Å². The van der Waals surface area contributed by atoms with Gasteiger partial charge in [-0.3, -0.25) is 28.9 Å². The number of hydrogen-bond donors (Lipinski definition) is 6. The van der Waals surface area contributed by atoms with E-state index in [1.807, 2.05) is 13.8 Å². The summed E-state index contributed by atoms with van der Waals surface area (Å²) in [4.78, 5) is 72.1. The van der Waals surface area contributed by atoms with Crippen LogP contribution in [0, 0.1) is 11.8 Å². The highest BCUT2D eigenvalue weighted by atomic mass is 16.3. The second-order valence-corrected chi connectivity index (χ2v) is 13.4. The van der Waals surface area contributed by atoms with Gasteiger partial charge in [0.1, 0.15) is 24.2 Å². The second-order valence-electron chi connectivity index (χ2n) is 13.4. The molecule has 2 aliphatic rings. The smallest absolute Gasteiger partial charge is 0.245 e. The van der Waals surface area contributed by atoms with E-state index in [-0.39, 0.29) is 30.8 Å². The molecule has 1 aliphatic heterocycles. The lowest BCUT2D eigenvalue weighted by Gasteiger charge is -2.38. The van der Waals surface area contributed by atoms with Crippen LogP contribution in [0.1, 0.15) is 98.3 Å². The van der Waals surface area contributed by atoms with E-state index in [0.29, 0.717) is 25.9 Å². The minimum Gasteiger partial charge on any atom is -0.394 e. The zero-order valence-electron chi connectivity index (χ0n) is 28.8. The first-order valence-electron chi connectivity index (χ1n) is 17.5. The molecule has 1 heterocycles. The van der Waals surface area contributed by atoms with E-state index in [0.717, 1.165) is 57.8 Å². The molecule has 5 atom stereocenters. The number of amides is 5. The quantitative estimate of drug-likeness (QED) is 0.188. The van der Waals surface area contributed by atoms with Crippen molar-refractivity contribution in [1.82, 2.24) is 31.1 Å². The molecule has 0 aromatic heterocycles. The van der Waals surface area contributed by atoms with Crippen LogP contribution < -0.4 is 27.0 Å². The summed E-state index contributed by atoms with van der Waals surface area (Å²) in [6, 6.07) is -4.68. The molecule has 46 heavy (non-hydrogen) atoms. The summed E-state index contributed by atoms with van der Waals surface area (Å²) < 4.78 is 0. The Labute approximate surface area is 275 Å². The number of rotatable bonds is 11. The van der Waals surface area contributed by atoms with Gasteiger partial charge in [-0.15, -0.1) is 0 Å². The number of nitrogens with two attached hydrogens (primary N) is 1. The summed E-state index contributed by atoms with van der Waals surface area (Å²) in [5.41, 5.74) is 5.89. The highest BCUT2D eigenvalue weighted by molar-refractivity contribution is 5.96. The summed E-state index contributed by atoms with van der Waals surface area (Å²) in [7, 11) is 1.67. The van der Waals surface area contributed by atoms with Crippen LogP contribution in [0.5, 0.6) is 0 Å². The van der Waals surface area contributed by atoms with Gasteiger partial charge in [0, 0.05) is 26.7 Å². The van der Waals surface area contributed by atoms with Gasteiger partial charge in [-0.2, -0.15) is 0 Å². The number of aliphatic hydroxyl groups excluding tert-OH is 1. The van der Waals surface area contributed by atoms with Gasteiger partial charge in [0.25, 0.3) is 0 Å². The largest absolute Gasteiger partial charge is 0.394 e. The first-order valence-corrected chi connectivity index (χ1v) is 17.5. The number of carbonyl (C=O) groups is 5. The molecule has 0 aromatic rings. The van der Waals surface area contributed by atoms with E-state index >= 15 is 0 Å². The fourth-order valence-electron chi connectivity index (χ4n) is 6.44. The van der Waals surface area contributed by atoms with E-state index < -0.39 is 60.4 Å². The normalized spacial score (nSPS) is 27.4. The first-order chi connectivity index (χ1) is 22.0. The van der Waals surface area contributed by atoms with Crippen LogP contribution in [0.3, 0.4) is 0 Å². The fraction of sp³-hybridized carbons (Fsp3) is 0.848. The van der Waals surface area contributed by atoms with Crippen molar-refractivity contribution in [3.05, 3.63) is 0 Å². The topological polar surface area (TPSA) is 186 Å². The fourth-order valence-corrected chi connectivity index (χ4v) is 6.44. The maximum Gasteiger partial charge on any atom is 0.245 e. The molecule has 1 saturated heterocycles. The first kappa shape index (κ1) is 39.4. The number of unbranched alkanes of at least 4 members (excludes halogenated alkanes) is 2. The third-order valence-corrected chi connectivity index (χ3v) is 9.25. The molecule has 2 fully saturated rings. The van der Waals surface area contributed by atoms with Crippen molar-refractivity contribution in [3.8, 4) is 0 Å². The molecule has 0 spiro atoms. The lowest BCUT2D eigenvalue weighted by molar-refractivity contribution is -0.145. The van der Waals surface area contributed by atoms with Crippen molar-refractivity contribution < 1.29 is 29.1 Å². The Morgan fingerprint density at radius 3 is 2.09 bits per heavy atom. The molecule has 264 valence electrons. The van der Waals surface area contributed by atoms with Crippen molar-refractivity contribution in [2.75, 3.05) is 39.8 Å². The van der Waals surface area contributed by atoms with Crippen LogP contribution in [-0.2, 0) is 24.0 Å². The molecule has 7 N–H and O–H groups in total. The molecule has 2 rings (SSSR count). The Morgan fingerprint density at radius 2 is 1.50 bits per heavy atom. The lowest BCUT2D eigenvalue weighted by Crippen LogP contribution is -2.62. The van der Waals surface area contributed by atoms with Gasteiger partial charge >= 0.3 is 0 Å². The summed E-state index contributed by atoms with van der Waals surface area (Å²) in [5.74, 6) is -2.44. The zero-order valence-corrected chi connectivity index (χ0v) is 28.8. The van der Waals surface area contributed by atoms with Crippen LogP contribution in [0.2, 0.25) is 0 Å². The molecule has 13 nitrogen and oxygen atoms in total.